The van der Waals surface area contributed by atoms with Crippen molar-refractivity contribution < 1.29 is 19.8 Å². The van der Waals surface area contributed by atoms with E-state index in [1.807, 2.05) is 20.2 Å². The third-order valence-electron chi connectivity index (χ3n) is 7.17. The van der Waals surface area contributed by atoms with Crippen LogP contribution in [0.5, 0.6) is 11.5 Å². The second-order valence-electron chi connectivity index (χ2n) is 9.64. The third kappa shape index (κ3) is 2.60. The van der Waals surface area contributed by atoms with E-state index in [4.69, 9.17) is 0 Å². The Balaban J connectivity index is 1.78. The molecule has 2 amide bonds. The van der Waals surface area contributed by atoms with E-state index in [1.165, 1.54) is 0 Å². The van der Waals surface area contributed by atoms with Crippen molar-refractivity contribution in [2.45, 2.75) is 6.42 Å². The van der Waals surface area contributed by atoms with Crippen molar-refractivity contribution in [2.75, 3.05) is 34.2 Å². The molecule has 1 unspecified atom stereocenters. The number of amides is 2. The Kier molecular flexibility index (Phi) is 4.15. The number of hydrogen-bond acceptors (Lipinski definition) is 5. The van der Waals surface area contributed by atoms with Gasteiger partial charge in [0.1, 0.15) is 22.7 Å². The number of aromatic nitrogens is 1. The Labute approximate surface area is 195 Å². The minimum atomic E-state index is -0.451. The summed E-state index contributed by atoms with van der Waals surface area (Å²) in [5, 5.41) is 24.3. The van der Waals surface area contributed by atoms with Crippen LogP contribution in [0.2, 0.25) is 0 Å². The molecule has 6 rings (SSSR count). The minimum absolute atomic E-state index is 0.0869. The topological polar surface area (TPSA) is 106 Å². The van der Waals surface area contributed by atoms with Gasteiger partial charge in [-0.15, -0.1) is 0 Å². The largest absolute Gasteiger partial charge is 0.508 e. The van der Waals surface area contributed by atoms with Gasteiger partial charge in [0.05, 0.1) is 35.8 Å². The molecule has 0 aliphatic carbocycles. The average Bonchev–Trinajstić information content (AvgIpc) is 3.36. The summed E-state index contributed by atoms with van der Waals surface area (Å²) in [6.45, 7) is 1.65. The number of carbonyl (C=O) groups excluding carboxylic acids is 2. The Morgan fingerprint density at radius 1 is 0.941 bits per heavy atom. The number of nitrogens with zero attached hydrogens (tertiary/aromatic N) is 2. The zero-order valence-corrected chi connectivity index (χ0v) is 19.2. The quantitative estimate of drug-likeness (QED) is 0.275. The lowest BCUT2D eigenvalue weighted by molar-refractivity contribution is 0.0880. The molecule has 0 saturated carbocycles. The molecule has 2 aliphatic rings. The molecule has 34 heavy (non-hydrogen) atoms. The van der Waals surface area contributed by atoms with Gasteiger partial charge in [-0.1, -0.05) is 0 Å². The summed E-state index contributed by atoms with van der Waals surface area (Å²) in [5.41, 5.74) is 5.48. The van der Waals surface area contributed by atoms with Crippen molar-refractivity contribution in [2.24, 2.45) is 0 Å². The van der Waals surface area contributed by atoms with Crippen molar-refractivity contribution in [1.82, 2.24) is 19.7 Å². The standard InChI is InChI=1S/C26H24N4O4/c1-29(2)9-4-10-30(3)18-8-6-14(32)12-16(18)20-22-21(25(33)28-26(22)34)19-15-11-13(31)5-7-17(15)27-23(19)24(20)30/h5-8,11-12H,4,9-10H2,1-3H3,(H3-,27,28,31,32,33,34)/p+1. The molecule has 4 N–H and O–H groups in total. The number of phenolic OH excluding ortho intramolecular Hbond substituents is 2. The molecule has 8 nitrogen and oxygen atoms in total. The van der Waals surface area contributed by atoms with Gasteiger partial charge in [0.2, 0.25) is 0 Å². The molecular formula is C26H25N4O4+. The van der Waals surface area contributed by atoms with E-state index in [0.29, 0.717) is 31.9 Å². The van der Waals surface area contributed by atoms with Crippen LogP contribution >= 0.6 is 0 Å². The number of hydrogen-bond donors (Lipinski definition) is 4. The summed E-state index contributed by atoms with van der Waals surface area (Å²) >= 11 is 0. The summed E-state index contributed by atoms with van der Waals surface area (Å²) in [6.07, 6.45) is 0.897. The first kappa shape index (κ1) is 20.7. The fourth-order valence-electron chi connectivity index (χ4n) is 5.76. The van der Waals surface area contributed by atoms with Crippen molar-refractivity contribution in [1.29, 1.82) is 0 Å². The zero-order chi connectivity index (χ0) is 23.9. The number of phenols is 2. The van der Waals surface area contributed by atoms with Crippen molar-refractivity contribution >= 4 is 45.0 Å². The first-order chi connectivity index (χ1) is 16.2. The van der Waals surface area contributed by atoms with E-state index < -0.39 is 11.8 Å². The monoisotopic (exact) mass is 457 g/mol. The number of H-pyrrole nitrogens is 1. The van der Waals surface area contributed by atoms with Crippen molar-refractivity contribution in [3.05, 3.63) is 47.5 Å². The molecule has 1 atom stereocenters. The predicted molar refractivity (Wildman–Crippen MR) is 132 cm³/mol. The lowest BCUT2D eigenvalue weighted by Gasteiger charge is -2.31. The van der Waals surface area contributed by atoms with Crippen LogP contribution in [-0.4, -0.2) is 66.1 Å². The molecule has 4 aromatic rings. The summed E-state index contributed by atoms with van der Waals surface area (Å²) in [5.74, 6) is -0.702. The highest BCUT2D eigenvalue weighted by atomic mass is 16.3. The van der Waals surface area contributed by atoms with Crippen LogP contribution in [0.25, 0.3) is 32.9 Å². The molecule has 0 saturated heterocycles. The van der Waals surface area contributed by atoms with Crippen LogP contribution in [-0.2, 0) is 0 Å². The summed E-state index contributed by atoms with van der Waals surface area (Å²) in [7, 11) is 6.19. The van der Waals surface area contributed by atoms with Gasteiger partial charge in [0, 0.05) is 35.3 Å². The highest BCUT2D eigenvalue weighted by Crippen LogP contribution is 2.59. The fourth-order valence-corrected chi connectivity index (χ4v) is 5.76. The number of nitrogens with one attached hydrogen (secondary N) is 2. The maximum atomic E-state index is 13.1. The van der Waals surface area contributed by atoms with Crippen LogP contribution < -0.4 is 9.80 Å². The van der Waals surface area contributed by atoms with Gasteiger partial charge < -0.3 is 20.1 Å². The molecule has 1 aromatic heterocycles. The van der Waals surface area contributed by atoms with Gasteiger partial charge in [-0.2, -0.15) is 0 Å². The van der Waals surface area contributed by atoms with Gasteiger partial charge in [-0.3, -0.25) is 19.4 Å². The van der Waals surface area contributed by atoms with Crippen molar-refractivity contribution in [3.8, 4) is 22.6 Å². The molecule has 2 aliphatic heterocycles. The number of rotatable bonds is 4. The minimum Gasteiger partial charge on any atom is -0.508 e. The van der Waals surface area contributed by atoms with E-state index in [1.54, 1.807) is 30.3 Å². The fraction of sp³-hybridized carbons (Fsp3) is 0.231. The Hall–Kier alpha value is -3.88. The highest BCUT2D eigenvalue weighted by molar-refractivity contribution is 6.35. The van der Waals surface area contributed by atoms with Gasteiger partial charge >= 0.3 is 0 Å². The second-order valence-corrected chi connectivity index (χ2v) is 9.64. The van der Waals surface area contributed by atoms with E-state index >= 15 is 0 Å². The first-order valence-corrected chi connectivity index (χ1v) is 11.3. The number of quaternary nitrogens is 1. The van der Waals surface area contributed by atoms with Crippen LogP contribution in [0, 0.1) is 0 Å². The molecule has 0 bridgehead atoms. The molecular weight excluding hydrogens is 432 g/mol. The molecule has 172 valence electrons. The van der Waals surface area contributed by atoms with Gasteiger partial charge in [-0.25, -0.2) is 0 Å². The van der Waals surface area contributed by atoms with E-state index in [0.717, 1.165) is 47.5 Å². The van der Waals surface area contributed by atoms with Gasteiger partial charge in [0.15, 0.2) is 5.69 Å². The van der Waals surface area contributed by atoms with E-state index in [-0.39, 0.29) is 11.5 Å². The zero-order valence-electron chi connectivity index (χ0n) is 19.2. The Morgan fingerprint density at radius 2 is 1.65 bits per heavy atom. The molecule has 0 fully saturated rings. The van der Waals surface area contributed by atoms with Crippen LogP contribution in [0.3, 0.4) is 0 Å². The molecule has 3 heterocycles. The Bertz CT molecular complexity index is 1570. The van der Waals surface area contributed by atoms with Gasteiger partial charge in [0.25, 0.3) is 11.8 Å². The van der Waals surface area contributed by atoms with E-state index in [9.17, 15) is 19.8 Å². The van der Waals surface area contributed by atoms with Crippen molar-refractivity contribution in [3.63, 3.8) is 0 Å². The predicted octanol–water partition coefficient (Wildman–Crippen LogP) is 3.82. The Morgan fingerprint density at radius 3 is 2.41 bits per heavy atom. The number of fused-ring (bicyclic) bond motifs is 10. The molecule has 8 heteroatoms. The summed E-state index contributed by atoms with van der Waals surface area (Å²) in [4.78, 5) is 31.8. The number of carbonyl (C=O) groups is 2. The SMILES string of the molecule is CN(C)CCC[N+]1(C)c2ccc(O)cc2-c2c3c(c4c([nH]c5ccc(O)cc54)c21)C(=O)NC3=O. The number of aromatic hydroxyl groups is 2. The molecule has 0 spiro atoms. The maximum absolute atomic E-state index is 13.1. The van der Waals surface area contributed by atoms with Crippen LogP contribution in [0.15, 0.2) is 36.4 Å². The number of benzene rings is 3. The van der Waals surface area contributed by atoms with Gasteiger partial charge in [-0.05, 0) is 44.4 Å². The van der Waals surface area contributed by atoms with Crippen LogP contribution in [0.4, 0.5) is 11.4 Å². The summed E-state index contributed by atoms with van der Waals surface area (Å²) in [6, 6.07) is 10.3. The third-order valence-corrected chi connectivity index (χ3v) is 7.17. The smallest absolute Gasteiger partial charge is 0.259 e. The van der Waals surface area contributed by atoms with E-state index in [2.05, 4.69) is 22.2 Å². The summed E-state index contributed by atoms with van der Waals surface area (Å²) < 4.78 is 0.419. The first-order valence-electron chi connectivity index (χ1n) is 11.3. The highest BCUT2D eigenvalue weighted by Gasteiger charge is 2.48. The van der Waals surface area contributed by atoms with Crippen LogP contribution in [0.1, 0.15) is 27.1 Å². The normalized spacial score (nSPS) is 18.6. The molecule has 0 radical (unpaired) electrons. The second kappa shape index (κ2) is 6.82. The lowest BCUT2D eigenvalue weighted by Crippen LogP contribution is -2.40. The number of aromatic amines is 1. The lowest BCUT2D eigenvalue weighted by atomic mass is 9.92. The molecule has 3 aromatic carbocycles. The number of imide groups is 1. The maximum Gasteiger partial charge on any atom is 0.259 e. The average molecular weight is 458 g/mol.